The van der Waals surface area contributed by atoms with Gasteiger partial charge in [-0.15, -0.1) is 0 Å². The Morgan fingerprint density at radius 3 is 2.72 bits per heavy atom. The molecule has 2 heterocycles. The van der Waals surface area contributed by atoms with Crippen LogP contribution < -0.4 is 0 Å². The van der Waals surface area contributed by atoms with Crippen molar-refractivity contribution >= 4 is 22.8 Å². The zero-order chi connectivity index (χ0) is 12.5. The molecule has 0 radical (unpaired) electrons. The number of fused-ring (bicyclic) bond motifs is 1. The molecule has 0 aliphatic carbocycles. The van der Waals surface area contributed by atoms with Crippen LogP contribution in [0, 0.1) is 0 Å². The van der Waals surface area contributed by atoms with Crippen LogP contribution >= 0.6 is 11.6 Å². The molecule has 2 aromatic heterocycles. The summed E-state index contributed by atoms with van der Waals surface area (Å²) < 4.78 is 5.60. The fourth-order valence-corrected chi connectivity index (χ4v) is 1.96. The number of benzene rings is 1. The van der Waals surface area contributed by atoms with Crippen LogP contribution in [0.1, 0.15) is 12.5 Å². The Morgan fingerprint density at radius 1 is 1.22 bits per heavy atom. The molecule has 3 aromatic rings. The summed E-state index contributed by atoms with van der Waals surface area (Å²) in [5, 5.41) is 0.559. The van der Waals surface area contributed by atoms with Gasteiger partial charge < -0.3 is 4.42 Å². The number of halogens is 1. The first-order valence-electron chi connectivity index (χ1n) is 5.77. The number of aryl methyl sites for hydroxylation is 1. The molecule has 3 nitrogen and oxygen atoms in total. The van der Waals surface area contributed by atoms with Crippen molar-refractivity contribution in [1.29, 1.82) is 0 Å². The monoisotopic (exact) mass is 258 g/mol. The first kappa shape index (κ1) is 11.2. The van der Waals surface area contributed by atoms with E-state index in [1.54, 1.807) is 12.3 Å². The summed E-state index contributed by atoms with van der Waals surface area (Å²) in [5.41, 5.74) is 3.42. The summed E-state index contributed by atoms with van der Waals surface area (Å²) in [7, 11) is 0. The van der Waals surface area contributed by atoms with E-state index in [0.29, 0.717) is 22.1 Å². The predicted octanol–water partition coefficient (Wildman–Crippen LogP) is 4.11. The summed E-state index contributed by atoms with van der Waals surface area (Å²) in [6, 6.07) is 9.91. The largest absolute Gasteiger partial charge is 0.418 e. The Labute approximate surface area is 109 Å². The van der Waals surface area contributed by atoms with Crippen molar-refractivity contribution in [1.82, 2.24) is 9.97 Å². The molecule has 0 saturated carbocycles. The molecular weight excluding hydrogens is 248 g/mol. The third-order valence-corrected chi connectivity index (χ3v) is 3.03. The molecule has 0 bridgehead atoms. The van der Waals surface area contributed by atoms with Gasteiger partial charge in [-0.05, 0) is 30.2 Å². The first-order chi connectivity index (χ1) is 8.76. The molecule has 0 fully saturated rings. The van der Waals surface area contributed by atoms with Crippen molar-refractivity contribution in [2.24, 2.45) is 0 Å². The second-order valence-corrected chi connectivity index (χ2v) is 4.48. The van der Waals surface area contributed by atoms with Gasteiger partial charge in [0, 0.05) is 11.8 Å². The van der Waals surface area contributed by atoms with E-state index in [2.05, 4.69) is 29.0 Å². The van der Waals surface area contributed by atoms with Gasteiger partial charge in [-0.1, -0.05) is 30.7 Å². The lowest BCUT2D eigenvalue weighted by atomic mass is 10.1. The molecule has 0 amide bonds. The smallest absolute Gasteiger partial charge is 0.247 e. The van der Waals surface area contributed by atoms with Gasteiger partial charge in [0.1, 0.15) is 5.52 Å². The number of pyridine rings is 1. The summed E-state index contributed by atoms with van der Waals surface area (Å²) >= 11 is 5.87. The molecule has 1 aromatic carbocycles. The number of aromatic nitrogens is 2. The zero-order valence-electron chi connectivity index (χ0n) is 9.85. The highest BCUT2D eigenvalue weighted by molar-refractivity contribution is 6.30. The fourth-order valence-electron chi connectivity index (χ4n) is 1.81. The summed E-state index contributed by atoms with van der Waals surface area (Å²) in [4.78, 5) is 8.49. The number of oxazole rings is 1. The van der Waals surface area contributed by atoms with E-state index in [9.17, 15) is 0 Å². The van der Waals surface area contributed by atoms with Gasteiger partial charge in [0.15, 0.2) is 0 Å². The molecule has 90 valence electrons. The minimum atomic E-state index is 0.508. The van der Waals surface area contributed by atoms with Crippen molar-refractivity contribution < 1.29 is 4.42 Å². The lowest BCUT2D eigenvalue weighted by Gasteiger charge is -1.97. The normalized spacial score (nSPS) is 11.0. The molecular formula is C14H11ClN2O. The molecule has 0 N–H and O–H groups in total. The van der Waals surface area contributed by atoms with Crippen LogP contribution in [-0.2, 0) is 6.42 Å². The molecule has 0 aliphatic heterocycles. The van der Waals surface area contributed by atoms with Crippen LogP contribution in [0.15, 0.2) is 40.9 Å². The quantitative estimate of drug-likeness (QED) is 0.694. The van der Waals surface area contributed by atoms with E-state index >= 15 is 0 Å². The second kappa shape index (κ2) is 4.42. The highest BCUT2D eigenvalue weighted by Crippen LogP contribution is 2.24. The Bertz CT molecular complexity index is 689. The van der Waals surface area contributed by atoms with Crippen LogP contribution in [0.25, 0.3) is 22.7 Å². The molecule has 0 atom stereocenters. The Kier molecular flexibility index (Phi) is 2.76. The molecule has 0 saturated heterocycles. The van der Waals surface area contributed by atoms with Gasteiger partial charge in [-0.3, -0.25) is 0 Å². The van der Waals surface area contributed by atoms with E-state index in [0.717, 1.165) is 12.0 Å². The van der Waals surface area contributed by atoms with Crippen LogP contribution in [0.3, 0.4) is 0 Å². The lowest BCUT2D eigenvalue weighted by molar-refractivity contribution is 0.608. The minimum Gasteiger partial charge on any atom is -0.418 e. The molecule has 3 rings (SSSR count). The van der Waals surface area contributed by atoms with Gasteiger partial charge >= 0.3 is 0 Å². The summed E-state index contributed by atoms with van der Waals surface area (Å²) in [6.45, 7) is 2.13. The van der Waals surface area contributed by atoms with Crippen molar-refractivity contribution in [2.75, 3.05) is 0 Å². The molecule has 0 unspecified atom stereocenters. The maximum atomic E-state index is 5.87. The van der Waals surface area contributed by atoms with Gasteiger partial charge in [0.2, 0.25) is 11.6 Å². The van der Waals surface area contributed by atoms with Gasteiger partial charge in [0.05, 0.1) is 5.02 Å². The highest BCUT2D eigenvalue weighted by Gasteiger charge is 2.09. The summed E-state index contributed by atoms with van der Waals surface area (Å²) in [5.74, 6) is 0.572. The predicted molar refractivity (Wildman–Crippen MR) is 71.6 cm³/mol. The van der Waals surface area contributed by atoms with E-state index in [-0.39, 0.29) is 0 Å². The topological polar surface area (TPSA) is 38.9 Å². The lowest BCUT2D eigenvalue weighted by Crippen LogP contribution is -1.81. The van der Waals surface area contributed by atoms with E-state index in [4.69, 9.17) is 16.0 Å². The van der Waals surface area contributed by atoms with Crippen molar-refractivity contribution in [2.45, 2.75) is 13.3 Å². The number of nitrogens with zero attached hydrogens (tertiary/aromatic N) is 2. The average molecular weight is 259 g/mol. The van der Waals surface area contributed by atoms with Gasteiger partial charge in [0.25, 0.3) is 0 Å². The standard InChI is InChI=1S/C14H11ClN2O/c1-2-9-3-5-10(6-4-9)13-17-12-7-11(15)8-16-14(12)18-13/h3-8H,2H2,1H3. The van der Waals surface area contributed by atoms with E-state index < -0.39 is 0 Å². The number of hydrogen-bond donors (Lipinski definition) is 0. The summed E-state index contributed by atoms with van der Waals surface area (Å²) in [6.07, 6.45) is 2.57. The van der Waals surface area contributed by atoms with Crippen molar-refractivity contribution in [3.63, 3.8) is 0 Å². The maximum Gasteiger partial charge on any atom is 0.247 e. The van der Waals surface area contributed by atoms with Gasteiger partial charge in [-0.2, -0.15) is 0 Å². The highest BCUT2D eigenvalue weighted by atomic mass is 35.5. The Balaban J connectivity index is 2.07. The number of rotatable bonds is 2. The molecule has 0 aliphatic rings. The number of hydrogen-bond acceptors (Lipinski definition) is 3. The maximum absolute atomic E-state index is 5.87. The SMILES string of the molecule is CCc1ccc(-c2nc3cc(Cl)cnc3o2)cc1. The van der Waals surface area contributed by atoms with Crippen molar-refractivity contribution in [3.05, 3.63) is 47.1 Å². The van der Waals surface area contributed by atoms with Crippen LogP contribution in [-0.4, -0.2) is 9.97 Å². The van der Waals surface area contributed by atoms with Crippen LogP contribution in [0.5, 0.6) is 0 Å². The third-order valence-electron chi connectivity index (χ3n) is 2.82. The van der Waals surface area contributed by atoms with Crippen LogP contribution in [0.2, 0.25) is 5.02 Å². The van der Waals surface area contributed by atoms with Crippen molar-refractivity contribution in [3.8, 4) is 11.5 Å². The Hall–Kier alpha value is -1.87. The molecule has 4 heteroatoms. The van der Waals surface area contributed by atoms with Crippen LogP contribution in [0.4, 0.5) is 0 Å². The third kappa shape index (κ3) is 1.97. The fraction of sp³-hybridized carbons (Fsp3) is 0.143. The average Bonchev–Trinajstić information content (AvgIpc) is 2.81. The zero-order valence-corrected chi connectivity index (χ0v) is 10.6. The molecule has 18 heavy (non-hydrogen) atoms. The minimum absolute atomic E-state index is 0.508. The Morgan fingerprint density at radius 2 is 2.00 bits per heavy atom. The second-order valence-electron chi connectivity index (χ2n) is 4.05. The van der Waals surface area contributed by atoms with Gasteiger partial charge in [-0.25, -0.2) is 9.97 Å². The van der Waals surface area contributed by atoms with E-state index in [1.807, 2.05) is 12.1 Å². The molecule has 0 spiro atoms. The first-order valence-corrected chi connectivity index (χ1v) is 6.15. The van der Waals surface area contributed by atoms with E-state index in [1.165, 1.54) is 5.56 Å².